The predicted octanol–water partition coefficient (Wildman–Crippen LogP) is 4.67. The van der Waals surface area contributed by atoms with Crippen molar-refractivity contribution in [3.05, 3.63) is 53.3 Å². The molecule has 3 amide bonds. The average Bonchev–Trinajstić information content (AvgIpc) is 3.44. The number of rotatable bonds is 10. The molecule has 2 aliphatic rings. The predicted molar refractivity (Wildman–Crippen MR) is 161 cm³/mol. The monoisotopic (exact) mass is 634 g/mol. The van der Waals surface area contributed by atoms with E-state index in [9.17, 15) is 27.9 Å². The minimum Gasteiger partial charge on any atom is -0.487 e. The Bertz CT molecular complexity index is 1510. The molecule has 1 saturated heterocycles. The fraction of sp³-hybridized carbons (Fsp3) is 0.500. The molecule has 240 valence electrons. The van der Waals surface area contributed by atoms with Gasteiger partial charge in [0, 0.05) is 31.1 Å². The Labute approximate surface area is 256 Å². The smallest absolute Gasteiger partial charge is 0.412 e. The van der Waals surface area contributed by atoms with Gasteiger partial charge in [0.25, 0.3) is 5.91 Å². The molecule has 0 spiro atoms. The average molecular weight is 635 g/mol. The SMILES string of the molecule is CCC(CC)CN(C[C@H]1Cc2c(cc(OCc3ccccc3)c(N3CC(=O)NS3(=O)=O)c2F)N1C(=O)O)C(=O)OC(C)(C)C. The van der Waals surface area contributed by atoms with Crippen LogP contribution < -0.4 is 18.7 Å². The van der Waals surface area contributed by atoms with E-state index in [-0.39, 0.29) is 42.5 Å². The zero-order valence-corrected chi connectivity index (χ0v) is 26.3. The number of hydrogen-bond acceptors (Lipinski definition) is 7. The number of nitrogens with one attached hydrogen (secondary N) is 1. The first kappa shape index (κ1) is 32.8. The Morgan fingerprint density at radius 3 is 2.39 bits per heavy atom. The number of halogens is 1. The van der Waals surface area contributed by atoms with Crippen LogP contribution in [0.4, 0.5) is 25.4 Å². The van der Waals surface area contributed by atoms with Crippen LogP contribution in [0.25, 0.3) is 0 Å². The van der Waals surface area contributed by atoms with Crippen LogP contribution in [-0.2, 0) is 32.8 Å². The van der Waals surface area contributed by atoms with E-state index in [0.29, 0.717) is 16.4 Å². The van der Waals surface area contributed by atoms with Crippen LogP contribution in [0.15, 0.2) is 36.4 Å². The van der Waals surface area contributed by atoms with E-state index in [1.165, 1.54) is 11.0 Å². The van der Waals surface area contributed by atoms with Gasteiger partial charge in [-0.15, -0.1) is 0 Å². The third kappa shape index (κ3) is 7.17. The number of amides is 3. The molecule has 0 radical (unpaired) electrons. The van der Waals surface area contributed by atoms with E-state index in [1.54, 1.807) is 51.1 Å². The van der Waals surface area contributed by atoms with Gasteiger partial charge in [-0.05, 0) is 32.3 Å². The summed E-state index contributed by atoms with van der Waals surface area (Å²) in [7, 11) is -4.43. The van der Waals surface area contributed by atoms with E-state index in [1.807, 2.05) is 18.6 Å². The molecule has 4 rings (SSSR count). The Hall–Kier alpha value is -4.07. The second-order valence-electron chi connectivity index (χ2n) is 11.9. The minimum absolute atomic E-state index is 0.0330. The molecule has 2 aromatic rings. The summed E-state index contributed by atoms with van der Waals surface area (Å²) < 4.78 is 56.0. The summed E-state index contributed by atoms with van der Waals surface area (Å²) in [5.74, 6) is -2.00. The number of ether oxygens (including phenoxy) is 2. The van der Waals surface area contributed by atoms with E-state index in [2.05, 4.69) is 0 Å². The Morgan fingerprint density at radius 1 is 1.18 bits per heavy atom. The van der Waals surface area contributed by atoms with Crippen molar-refractivity contribution in [3.63, 3.8) is 0 Å². The van der Waals surface area contributed by atoms with Crippen molar-refractivity contribution in [2.75, 3.05) is 28.8 Å². The maximum absolute atomic E-state index is 16.5. The fourth-order valence-electron chi connectivity index (χ4n) is 5.37. The van der Waals surface area contributed by atoms with Gasteiger partial charge in [0.05, 0.1) is 11.7 Å². The van der Waals surface area contributed by atoms with Crippen LogP contribution in [0.2, 0.25) is 0 Å². The molecular weight excluding hydrogens is 595 g/mol. The number of fused-ring (bicyclic) bond motifs is 1. The lowest BCUT2D eigenvalue weighted by Gasteiger charge is -2.33. The highest BCUT2D eigenvalue weighted by atomic mass is 32.2. The minimum atomic E-state index is -4.43. The summed E-state index contributed by atoms with van der Waals surface area (Å²) in [4.78, 5) is 40.4. The summed E-state index contributed by atoms with van der Waals surface area (Å²) in [6.07, 6.45) is -0.600. The molecule has 0 aromatic heterocycles. The molecule has 12 nitrogen and oxygen atoms in total. The first-order chi connectivity index (χ1) is 20.6. The van der Waals surface area contributed by atoms with Crippen molar-refractivity contribution >= 4 is 39.7 Å². The summed E-state index contributed by atoms with van der Waals surface area (Å²) in [6, 6.07) is 9.22. The Balaban J connectivity index is 1.77. The van der Waals surface area contributed by atoms with Crippen molar-refractivity contribution in [1.82, 2.24) is 9.62 Å². The highest BCUT2D eigenvalue weighted by molar-refractivity contribution is 7.92. The van der Waals surface area contributed by atoms with Gasteiger partial charge in [-0.2, -0.15) is 8.42 Å². The van der Waals surface area contributed by atoms with E-state index < -0.39 is 58.0 Å². The number of carbonyl (C=O) groups excluding carboxylic acids is 2. The second kappa shape index (κ2) is 12.9. The zero-order chi connectivity index (χ0) is 32.4. The van der Waals surface area contributed by atoms with Gasteiger partial charge in [0.15, 0.2) is 5.82 Å². The molecule has 0 bridgehead atoms. The molecule has 0 unspecified atom stereocenters. The highest BCUT2D eigenvalue weighted by Gasteiger charge is 2.44. The van der Waals surface area contributed by atoms with Crippen LogP contribution in [0.5, 0.6) is 5.75 Å². The van der Waals surface area contributed by atoms with Gasteiger partial charge < -0.3 is 19.5 Å². The summed E-state index contributed by atoms with van der Waals surface area (Å²) in [6.45, 7) is 8.64. The highest BCUT2D eigenvalue weighted by Crippen LogP contribution is 2.45. The van der Waals surface area contributed by atoms with Gasteiger partial charge in [-0.3, -0.25) is 9.69 Å². The first-order valence-corrected chi connectivity index (χ1v) is 15.9. The van der Waals surface area contributed by atoms with Crippen molar-refractivity contribution in [2.45, 2.75) is 72.1 Å². The molecule has 2 aromatic carbocycles. The van der Waals surface area contributed by atoms with Crippen molar-refractivity contribution in [3.8, 4) is 5.75 Å². The molecule has 2 N–H and O–H groups in total. The largest absolute Gasteiger partial charge is 0.487 e. The van der Waals surface area contributed by atoms with E-state index >= 15 is 4.39 Å². The van der Waals surface area contributed by atoms with Gasteiger partial charge in [0.1, 0.15) is 30.2 Å². The number of carboxylic acid groups (broad SMARTS) is 1. The number of nitrogens with zero attached hydrogens (tertiary/aromatic N) is 3. The molecule has 14 heteroatoms. The third-order valence-electron chi connectivity index (χ3n) is 7.58. The normalized spacial score (nSPS) is 17.4. The molecule has 2 heterocycles. The molecule has 44 heavy (non-hydrogen) atoms. The molecule has 1 atom stereocenters. The Morgan fingerprint density at radius 2 is 1.84 bits per heavy atom. The lowest BCUT2D eigenvalue weighted by Crippen LogP contribution is -2.49. The zero-order valence-electron chi connectivity index (χ0n) is 25.5. The second-order valence-corrected chi connectivity index (χ2v) is 13.5. The summed E-state index contributed by atoms with van der Waals surface area (Å²) in [5, 5.41) is 10.3. The molecule has 0 aliphatic carbocycles. The van der Waals surface area contributed by atoms with Crippen LogP contribution >= 0.6 is 0 Å². The Kier molecular flexibility index (Phi) is 9.62. The van der Waals surface area contributed by atoms with Gasteiger partial charge >= 0.3 is 22.4 Å². The van der Waals surface area contributed by atoms with Crippen molar-refractivity contribution < 1.29 is 41.8 Å². The molecule has 0 saturated carbocycles. The van der Waals surface area contributed by atoms with Gasteiger partial charge in [-0.25, -0.2) is 23.0 Å². The maximum Gasteiger partial charge on any atom is 0.412 e. The maximum atomic E-state index is 16.5. The first-order valence-electron chi connectivity index (χ1n) is 14.5. The van der Waals surface area contributed by atoms with Crippen molar-refractivity contribution in [2.24, 2.45) is 5.92 Å². The lowest BCUT2D eigenvalue weighted by molar-refractivity contribution is -0.117. The summed E-state index contributed by atoms with van der Waals surface area (Å²) in [5.41, 5.74) is -0.701. The van der Waals surface area contributed by atoms with Crippen molar-refractivity contribution in [1.29, 1.82) is 0 Å². The quantitative estimate of drug-likeness (QED) is 0.384. The van der Waals surface area contributed by atoms with Gasteiger partial charge in [-0.1, -0.05) is 57.0 Å². The van der Waals surface area contributed by atoms with Crippen LogP contribution in [0.3, 0.4) is 0 Å². The van der Waals surface area contributed by atoms with E-state index in [4.69, 9.17) is 9.47 Å². The van der Waals surface area contributed by atoms with Crippen LogP contribution in [0.1, 0.15) is 58.6 Å². The van der Waals surface area contributed by atoms with Crippen LogP contribution in [-0.4, -0.2) is 67.8 Å². The molecule has 1 fully saturated rings. The molecular formula is C30H39FN4O8S. The number of benzene rings is 2. The lowest BCUT2D eigenvalue weighted by atomic mass is 10.0. The summed E-state index contributed by atoms with van der Waals surface area (Å²) >= 11 is 0. The van der Waals surface area contributed by atoms with Crippen LogP contribution in [0, 0.1) is 11.7 Å². The molecule has 2 aliphatic heterocycles. The standard InChI is InChI=1S/C30H39FN4O8S/c1-6-19(7-2)15-33(29(39)43-30(3,4)5)16-21-13-22-23(35(21)28(37)38)14-24(42-18-20-11-9-8-10-12-20)27(26(22)31)34-17-25(36)32-44(34,40)41/h8-12,14,19,21H,6-7,13,15-18H2,1-5H3,(H,32,36)(H,37,38)/t21-/m1/s1. The number of anilines is 2. The third-order valence-corrected chi connectivity index (χ3v) is 8.95. The topological polar surface area (TPSA) is 146 Å². The van der Waals surface area contributed by atoms with E-state index in [0.717, 1.165) is 17.7 Å². The fourth-order valence-corrected chi connectivity index (χ4v) is 6.53. The number of carbonyl (C=O) groups is 3. The number of hydrogen-bond donors (Lipinski definition) is 2. The van der Waals surface area contributed by atoms with Gasteiger partial charge in [0.2, 0.25) is 0 Å².